The number of anilines is 2. The molecule has 0 saturated heterocycles. The molecule has 0 atom stereocenters. The van der Waals surface area contributed by atoms with Crippen LogP contribution in [-0.2, 0) is 27.2 Å². The molecule has 0 bridgehead atoms. The van der Waals surface area contributed by atoms with Gasteiger partial charge in [0.1, 0.15) is 5.75 Å². The van der Waals surface area contributed by atoms with E-state index in [0.29, 0.717) is 0 Å². The van der Waals surface area contributed by atoms with Gasteiger partial charge in [-0.05, 0) is 36.4 Å². The van der Waals surface area contributed by atoms with E-state index in [4.69, 9.17) is 4.74 Å². The monoisotopic (exact) mass is 456 g/mol. The van der Waals surface area contributed by atoms with Gasteiger partial charge in [0, 0.05) is 6.92 Å². The van der Waals surface area contributed by atoms with E-state index in [0.717, 1.165) is 25.1 Å². The van der Waals surface area contributed by atoms with Crippen molar-refractivity contribution >= 4 is 27.3 Å². The quantitative estimate of drug-likeness (QED) is 0.650. The van der Waals surface area contributed by atoms with Crippen molar-refractivity contribution in [1.82, 2.24) is 0 Å². The molecule has 0 radical (unpaired) electrons. The van der Waals surface area contributed by atoms with Gasteiger partial charge in [0.2, 0.25) is 5.91 Å². The predicted octanol–water partition coefficient (Wildman–Crippen LogP) is 4.49. The van der Waals surface area contributed by atoms with Crippen molar-refractivity contribution in [3.8, 4) is 5.75 Å². The summed E-state index contributed by atoms with van der Waals surface area (Å²) in [6.45, 7) is 1.14. The van der Waals surface area contributed by atoms with Crippen LogP contribution in [0.25, 0.3) is 0 Å². The lowest BCUT2D eigenvalue weighted by atomic mass is 10.1. The first-order valence-electron chi connectivity index (χ1n) is 7.91. The minimum absolute atomic E-state index is 0.0621. The summed E-state index contributed by atoms with van der Waals surface area (Å²) in [6, 6.07) is 3.47. The van der Waals surface area contributed by atoms with Gasteiger partial charge >= 0.3 is 12.4 Å². The maximum absolute atomic E-state index is 13.0. The van der Waals surface area contributed by atoms with Gasteiger partial charge in [0.25, 0.3) is 10.0 Å². The molecule has 0 unspecified atom stereocenters. The van der Waals surface area contributed by atoms with Gasteiger partial charge in [-0.25, -0.2) is 8.42 Å². The minimum Gasteiger partial charge on any atom is -0.495 e. The predicted molar refractivity (Wildman–Crippen MR) is 94.6 cm³/mol. The lowest BCUT2D eigenvalue weighted by Gasteiger charge is -2.16. The molecule has 13 heteroatoms. The molecule has 164 valence electrons. The third kappa shape index (κ3) is 5.55. The van der Waals surface area contributed by atoms with Crippen LogP contribution in [0.1, 0.15) is 18.1 Å². The van der Waals surface area contributed by atoms with E-state index >= 15 is 0 Å². The van der Waals surface area contributed by atoms with Crippen LogP contribution in [-0.4, -0.2) is 21.4 Å². The molecule has 0 saturated carbocycles. The molecule has 0 fully saturated rings. The Morgan fingerprint density at radius 2 is 1.47 bits per heavy atom. The van der Waals surface area contributed by atoms with Crippen molar-refractivity contribution in [2.45, 2.75) is 24.2 Å². The van der Waals surface area contributed by atoms with E-state index in [-0.39, 0.29) is 29.6 Å². The van der Waals surface area contributed by atoms with Crippen LogP contribution in [0.2, 0.25) is 0 Å². The van der Waals surface area contributed by atoms with E-state index in [9.17, 15) is 39.6 Å². The molecule has 2 aromatic carbocycles. The zero-order chi connectivity index (χ0) is 22.9. The number of methoxy groups -OCH3 is 1. The summed E-state index contributed by atoms with van der Waals surface area (Å²) in [5.74, 6) is -0.480. The Morgan fingerprint density at radius 1 is 0.933 bits per heavy atom. The SMILES string of the molecule is COc1ccc(S(=O)(=O)Nc2cc(C(F)(F)F)cc(C(F)(F)F)c2)cc1NC(C)=O. The lowest BCUT2D eigenvalue weighted by Crippen LogP contribution is -2.17. The molecule has 0 aromatic heterocycles. The summed E-state index contributed by atoms with van der Waals surface area (Å²) in [5.41, 5.74) is -4.35. The van der Waals surface area contributed by atoms with Crippen LogP contribution < -0.4 is 14.8 Å². The summed E-state index contributed by atoms with van der Waals surface area (Å²) >= 11 is 0. The minimum atomic E-state index is -5.14. The molecule has 1 amide bonds. The van der Waals surface area contributed by atoms with Crippen LogP contribution in [0.3, 0.4) is 0 Å². The largest absolute Gasteiger partial charge is 0.495 e. The van der Waals surface area contributed by atoms with Gasteiger partial charge in [-0.1, -0.05) is 0 Å². The number of carbonyl (C=O) groups excluding carboxylic acids is 1. The first-order valence-corrected chi connectivity index (χ1v) is 9.40. The molecule has 0 heterocycles. The Labute approximate surface area is 166 Å². The molecule has 0 spiro atoms. The van der Waals surface area contributed by atoms with Crippen molar-refractivity contribution in [3.05, 3.63) is 47.5 Å². The Bertz CT molecular complexity index is 1030. The fourth-order valence-electron chi connectivity index (χ4n) is 2.37. The average Bonchev–Trinajstić information content (AvgIpc) is 2.59. The van der Waals surface area contributed by atoms with Crippen LogP contribution >= 0.6 is 0 Å². The van der Waals surface area contributed by atoms with Crippen LogP contribution in [0.15, 0.2) is 41.3 Å². The number of hydrogen-bond acceptors (Lipinski definition) is 4. The number of alkyl halides is 6. The van der Waals surface area contributed by atoms with Gasteiger partial charge < -0.3 is 10.1 Å². The summed E-state index contributed by atoms with van der Waals surface area (Å²) < 4.78 is 109. The molecule has 0 aliphatic carbocycles. The molecule has 2 rings (SSSR count). The molecule has 30 heavy (non-hydrogen) atoms. The Kier molecular flexibility index (Phi) is 6.26. The fourth-order valence-corrected chi connectivity index (χ4v) is 3.44. The zero-order valence-corrected chi connectivity index (χ0v) is 16.1. The van der Waals surface area contributed by atoms with Crippen LogP contribution in [0.5, 0.6) is 5.75 Å². The smallest absolute Gasteiger partial charge is 0.416 e. The Morgan fingerprint density at radius 3 is 1.90 bits per heavy atom. The molecular formula is C17H14F6N2O4S. The number of amides is 1. The number of nitrogens with one attached hydrogen (secondary N) is 2. The number of hydrogen-bond donors (Lipinski definition) is 2. The maximum Gasteiger partial charge on any atom is 0.416 e. The fraction of sp³-hybridized carbons (Fsp3) is 0.235. The number of ether oxygens (including phenoxy) is 1. The molecule has 2 N–H and O–H groups in total. The van der Waals surface area contributed by atoms with Crippen LogP contribution in [0, 0.1) is 0 Å². The zero-order valence-electron chi connectivity index (χ0n) is 15.3. The van der Waals surface area contributed by atoms with Crippen molar-refractivity contribution < 1.29 is 44.3 Å². The molecular weight excluding hydrogens is 442 g/mol. The number of carbonyl (C=O) groups is 1. The summed E-state index contributed by atoms with van der Waals surface area (Å²) in [5, 5.41) is 2.31. The molecule has 0 aliphatic heterocycles. The van der Waals surface area contributed by atoms with E-state index in [1.54, 1.807) is 4.72 Å². The first-order chi connectivity index (χ1) is 13.6. The highest BCUT2D eigenvalue weighted by molar-refractivity contribution is 7.92. The third-order valence-corrected chi connectivity index (χ3v) is 5.01. The van der Waals surface area contributed by atoms with Gasteiger partial charge in [0.05, 0.1) is 34.5 Å². The number of sulfonamides is 1. The summed E-state index contributed by atoms with van der Waals surface area (Å²) in [4.78, 5) is 10.7. The van der Waals surface area contributed by atoms with E-state index in [1.807, 2.05) is 0 Å². The van der Waals surface area contributed by atoms with Gasteiger partial charge in [-0.3, -0.25) is 9.52 Å². The highest BCUT2D eigenvalue weighted by Crippen LogP contribution is 2.38. The number of benzene rings is 2. The molecule has 0 aliphatic rings. The van der Waals surface area contributed by atoms with Gasteiger partial charge in [-0.2, -0.15) is 26.3 Å². The lowest BCUT2D eigenvalue weighted by molar-refractivity contribution is -0.143. The van der Waals surface area contributed by atoms with E-state index < -0.39 is 50.0 Å². The standard InChI is InChI=1S/C17H14F6N2O4S/c1-9(26)24-14-8-13(3-4-15(14)29-2)30(27,28)25-12-6-10(16(18,19)20)5-11(7-12)17(21,22)23/h3-8,25H,1-2H3,(H,24,26). The maximum atomic E-state index is 13.0. The highest BCUT2D eigenvalue weighted by Gasteiger charge is 2.37. The summed E-state index contributed by atoms with van der Waals surface area (Å²) in [6.07, 6.45) is -10.3. The topological polar surface area (TPSA) is 84.5 Å². The summed E-state index contributed by atoms with van der Waals surface area (Å²) in [7, 11) is -3.37. The number of halogens is 6. The second-order valence-electron chi connectivity index (χ2n) is 5.94. The first kappa shape index (κ1) is 23.3. The van der Waals surface area contributed by atoms with Crippen molar-refractivity contribution in [2.75, 3.05) is 17.1 Å². The van der Waals surface area contributed by atoms with Crippen molar-refractivity contribution in [1.29, 1.82) is 0 Å². The van der Waals surface area contributed by atoms with Crippen molar-refractivity contribution in [2.24, 2.45) is 0 Å². The normalized spacial score (nSPS) is 12.4. The second-order valence-corrected chi connectivity index (χ2v) is 7.63. The molecule has 2 aromatic rings. The van der Waals surface area contributed by atoms with Crippen LogP contribution in [0.4, 0.5) is 37.7 Å². The van der Waals surface area contributed by atoms with E-state index in [1.165, 1.54) is 7.11 Å². The Hall–Kier alpha value is -2.96. The number of rotatable bonds is 5. The van der Waals surface area contributed by atoms with Gasteiger partial charge in [0.15, 0.2) is 0 Å². The molecule has 6 nitrogen and oxygen atoms in total. The highest BCUT2D eigenvalue weighted by atomic mass is 32.2. The Balaban J connectivity index is 2.52. The third-order valence-electron chi connectivity index (χ3n) is 3.63. The second kappa shape index (κ2) is 8.05. The van der Waals surface area contributed by atoms with Gasteiger partial charge in [-0.15, -0.1) is 0 Å². The average molecular weight is 456 g/mol. The van der Waals surface area contributed by atoms with Crippen molar-refractivity contribution in [3.63, 3.8) is 0 Å². The van der Waals surface area contributed by atoms with E-state index in [2.05, 4.69) is 5.32 Å².